The van der Waals surface area contributed by atoms with Crippen LogP contribution < -0.4 is 11.4 Å². The average Bonchev–Trinajstić information content (AvgIpc) is 2.83. The molecule has 0 spiro atoms. The molecule has 0 amide bonds. The number of aryl methyl sites for hydroxylation is 1. The van der Waals surface area contributed by atoms with Crippen LogP contribution in [0.3, 0.4) is 0 Å². The molecule has 106 valence electrons. The molecule has 0 aliphatic rings. The number of nitrogens with one attached hydrogen (secondary N) is 1. The predicted molar refractivity (Wildman–Crippen MR) is 82.6 cm³/mol. The van der Waals surface area contributed by atoms with E-state index in [1.54, 1.807) is 4.57 Å². The number of rotatable bonds is 3. The van der Waals surface area contributed by atoms with Gasteiger partial charge in [0.15, 0.2) is 0 Å². The van der Waals surface area contributed by atoms with Gasteiger partial charge >= 0.3 is 5.69 Å². The first-order chi connectivity index (χ1) is 10.1. The minimum atomic E-state index is -0.232. The summed E-state index contributed by atoms with van der Waals surface area (Å²) in [7, 11) is 0. The van der Waals surface area contributed by atoms with E-state index in [0.717, 1.165) is 22.5 Å². The second kappa shape index (κ2) is 5.28. The molecule has 5 nitrogen and oxygen atoms in total. The topological polar surface area (TPSA) is 76.7 Å². The summed E-state index contributed by atoms with van der Waals surface area (Å²) in [5.74, 6) is 0.675. The highest BCUT2D eigenvalue weighted by molar-refractivity contribution is 5.40. The summed E-state index contributed by atoms with van der Waals surface area (Å²) < 4.78 is 1.59. The van der Waals surface area contributed by atoms with Gasteiger partial charge in [-0.25, -0.2) is 14.5 Å². The molecule has 3 aromatic rings. The number of benzene rings is 2. The van der Waals surface area contributed by atoms with Gasteiger partial charge in [-0.1, -0.05) is 29.8 Å². The highest BCUT2D eigenvalue weighted by Gasteiger charge is 2.10. The number of anilines is 1. The van der Waals surface area contributed by atoms with E-state index in [1.807, 2.05) is 55.5 Å². The second-order valence-corrected chi connectivity index (χ2v) is 5.03. The number of nitrogens with zero attached hydrogens (tertiary/aromatic N) is 2. The largest absolute Gasteiger partial charge is 0.399 e. The molecule has 2 aromatic carbocycles. The van der Waals surface area contributed by atoms with Gasteiger partial charge in [0.1, 0.15) is 5.82 Å². The third-order valence-electron chi connectivity index (χ3n) is 3.38. The minimum absolute atomic E-state index is 0.232. The summed E-state index contributed by atoms with van der Waals surface area (Å²) in [6.07, 6.45) is 0.562. The molecule has 1 aromatic heterocycles. The van der Waals surface area contributed by atoms with Crippen molar-refractivity contribution in [2.24, 2.45) is 0 Å². The molecule has 0 fully saturated rings. The Kier molecular flexibility index (Phi) is 3.31. The Labute approximate surface area is 122 Å². The summed E-state index contributed by atoms with van der Waals surface area (Å²) in [6.45, 7) is 2.01. The maximum Gasteiger partial charge on any atom is 0.347 e. The van der Waals surface area contributed by atoms with Crippen molar-refractivity contribution in [1.82, 2.24) is 14.8 Å². The molecule has 0 bridgehead atoms. The number of hydrogen-bond donors (Lipinski definition) is 2. The van der Waals surface area contributed by atoms with Crippen LogP contribution in [0.1, 0.15) is 17.0 Å². The number of H-pyrrole nitrogens is 1. The maximum atomic E-state index is 12.0. The number of hydrogen-bond acceptors (Lipinski definition) is 3. The van der Waals surface area contributed by atoms with Crippen LogP contribution in [0.25, 0.3) is 5.69 Å². The van der Waals surface area contributed by atoms with Crippen LogP contribution in [-0.4, -0.2) is 14.8 Å². The molecule has 0 aliphatic heterocycles. The van der Waals surface area contributed by atoms with Crippen molar-refractivity contribution in [2.45, 2.75) is 13.3 Å². The van der Waals surface area contributed by atoms with Crippen LogP contribution in [0.4, 0.5) is 5.69 Å². The molecule has 0 unspecified atom stereocenters. The molecule has 0 radical (unpaired) electrons. The lowest BCUT2D eigenvalue weighted by molar-refractivity contribution is 0.893. The van der Waals surface area contributed by atoms with Crippen LogP contribution in [0, 0.1) is 6.92 Å². The third-order valence-corrected chi connectivity index (χ3v) is 3.38. The van der Waals surface area contributed by atoms with Gasteiger partial charge in [-0.05, 0) is 36.8 Å². The van der Waals surface area contributed by atoms with E-state index in [2.05, 4.69) is 10.2 Å². The molecule has 0 saturated carbocycles. The lowest BCUT2D eigenvalue weighted by Crippen LogP contribution is -2.17. The molecular formula is C16H16N4O. The fourth-order valence-corrected chi connectivity index (χ4v) is 2.23. The molecule has 0 aliphatic carbocycles. The van der Waals surface area contributed by atoms with E-state index < -0.39 is 0 Å². The quantitative estimate of drug-likeness (QED) is 0.721. The molecular weight excluding hydrogens is 264 g/mol. The number of aromatic nitrogens is 3. The minimum Gasteiger partial charge on any atom is -0.399 e. The molecule has 5 heteroatoms. The van der Waals surface area contributed by atoms with Gasteiger partial charge in [0.2, 0.25) is 0 Å². The SMILES string of the molecule is Cc1ccc(-n2c(Cc3ccc(N)cc3)n[nH]c2=O)cc1. The van der Waals surface area contributed by atoms with Gasteiger partial charge in [0, 0.05) is 12.1 Å². The summed E-state index contributed by atoms with van der Waals surface area (Å²) >= 11 is 0. The Morgan fingerprint density at radius 1 is 1.10 bits per heavy atom. The highest BCUT2D eigenvalue weighted by Crippen LogP contribution is 2.13. The predicted octanol–water partition coefficient (Wildman–Crippen LogP) is 2.04. The van der Waals surface area contributed by atoms with Crippen LogP contribution in [-0.2, 0) is 6.42 Å². The van der Waals surface area contributed by atoms with Crippen molar-refractivity contribution in [3.8, 4) is 5.69 Å². The van der Waals surface area contributed by atoms with Crippen LogP contribution in [0.15, 0.2) is 53.3 Å². The lowest BCUT2D eigenvalue weighted by Gasteiger charge is -2.06. The Bertz CT molecular complexity index is 798. The average molecular weight is 280 g/mol. The summed E-state index contributed by atoms with van der Waals surface area (Å²) in [5.41, 5.74) is 9.18. The van der Waals surface area contributed by atoms with Crippen molar-refractivity contribution in [3.63, 3.8) is 0 Å². The second-order valence-electron chi connectivity index (χ2n) is 5.03. The molecule has 0 atom stereocenters. The summed E-state index contributed by atoms with van der Waals surface area (Å²) in [5, 5.41) is 6.64. The van der Waals surface area contributed by atoms with E-state index in [4.69, 9.17) is 5.73 Å². The highest BCUT2D eigenvalue weighted by atomic mass is 16.1. The first-order valence-corrected chi connectivity index (χ1v) is 6.71. The molecule has 3 N–H and O–H groups in total. The van der Waals surface area contributed by atoms with E-state index in [1.165, 1.54) is 0 Å². The molecule has 0 saturated heterocycles. The van der Waals surface area contributed by atoms with E-state index in [0.29, 0.717) is 12.2 Å². The van der Waals surface area contributed by atoms with Crippen molar-refractivity contribution in [3.05, 3.63) is 76.0 Å². The smallest absolute Gasteiger partial charge is 0.347 e. The normalized spacial score (nSPS) is 10.7. The monoisotopic (exact) mass is 280 g/mol. The van der Waals surface area contributed by atoms with Crippen molar-refractivity contribution in [1.29, 1.82) is 0 Å². The first kappa shape index (κ1) is 13.2. The lowest BCUT2D eigenvalue weighted by atomic mass is 10.1. The zero-order valence-electron chi connectivity index (χ0n) is 11.7. The fraction of sp³-hybridized carbons (Fsp3) is 0.125. The molecule has 3 rings (SSSR count). The van der Waals surface area contributed by atoms with Crippen LogP contribution >= 0.6 is 0 Å². The maximum absolute atomic E-state index is 12.0. The van der Waals surface area contributed by atoms with Crippen molar-refractivity contribution >= 4 is 5.69 Å². The van der Waals surface area contributed by atoms with Gasteiger partial charge in [0.05, 0.1) is 5.69 Å². The van der Waals surface area contributed by atoms with Crippen molar-refractivity contribution in [2.75, 3.05) is 5.73 Å². The molecule has 21 heavy (non-hydrogen) atoms. The van der Waals surface area contributed by atoms with Gasteiger partial charge < -0.3 is 5.73 Å². The number of nitrogen functional groups attached to an aromatic ring is 1. The Balaban J connectivity index is 1.99. The summed E-state index contributed by atoms with van der Waals surface area (Å²) in [4.78, 5) is 12.0. The van der Waals surface area contributed by atoms with Crippen LogP contribution in [0.5, 0.6) is 0 Å². The third kappa shape index (κ3) is 2.72. The Hall–Kier alpha value is -2.82. The zero-order valence-corrected chi connectivity index (χ0v) is 11.7. The number of nitrogens with two attached hydrogens (primary N) is 1. The van der Waals surface area contributed by atoms with Gasteiger partial charge in [-0.2, -0.15) is 5.10 Å². The van der Waals surface area contributed by atoms with Gasteiger partial charge in [-0.15, -0.1) is 0 Å². The van der Waals surface area contributed by atoms with Gasteiger partial charge in [0.25, 0.3) is 0 Å². The number of aromatic amines is 1. The standard InChI is InChI=1S/C16H16N4O/c1-11-2-8-14(9-3-11)20-15(18-19-16(20)21)10-12-4-6-13(17)7-5-12/h2-9H,10,17H2,1H3,(H,19,21). The summed E-state index contributed by atoms with van der Waals surface area (Å²) in [6, 6.07) is 15.3. The Morgan fingerprint density at radius 2 is 1.76 bits per heavy atom. The van der Waals surface area contributed by atoms with Crippen molar-refractivity contribution < 1.29 is 0 Å². The molecule has 1 heterocycles. The van der Waals surface area contributed by atoms with E-state index >= 15 is 0 Å². The van der Waals surface area contributed by atoms with E-state index in [9.17, 15) is 4.79 Å². The first-order valence-electron chi connectivity index (χ1n) is 6.71. The van der Waals surface area contributed by atoms with Crippen LogP contribution in [0.2, 0.25) is 0 Å². The zero-order chi connectivity index (χ0) is 14.8. The fourth-order valence-electron chi connectivity index (χ4n) is 2.23. The Morgan fingerprint density at radius 3 is 2.43 bits per heavy atom. The van der Waals surface area contributed by atoms with E-state index in [-0.39, 0.29) is 5.69 Å². The van der Waals surface area contributed by atoms with Gasteiger partial charge in [-0.3, -0.25) is 0 Å².